The van der Waals surface area contributed by atoms with Crippen molar-refractivity contribution >= 4 is 28.0 Å². The van der Waals surface area contributed by atoms with E-state index < -0.39 is 11.6 Å². The number of thiazole rings is 1. The molecule has 6 rings (SSSR count). The van der Waals surface area contributed by atoms with Gasteiger partial charge in [-0.1, -0.05) is 41.7 Å². The maximum Gasteiger partial charge on any atom is 0.327 e. The smallest absolute Gasteiger partial charge is 0.327 e. The molecule has 11 heteroatoms. The maximum absolute atomic E-state index is 14.5. The number of carbonyl (C=O) groups is 1. The topological polar surface area (TPSA) is 106 Å². The molecular formula is C26H23FN6O3S. The van der Waals surface area contributed by atoms with Gasteiger partial charge in [0.1, 0.15) is 17.2 Å². The van der Waals surface area contributed by atoms with Gasteiger partial charge in [-0.05, 0) is 47.0 Å². The minimum Gasteiger partial charge on any atom is -0.482 e. The van der Waals surface area contributed by atoms with Crippen LogP contribution in [-0.4, -0.2) is 55.0 Å². The fourth-order valence-corrected chi connectivity index (χ4v) is 5.75. The average Bonchev–Trinajstić information content (AvgIpc) is 3.55. The fourth-order valence-electron chi connectivity index (χ4n) is 4.86. The Hall–Kier alpha value is -4.12. The van der Waals surface area contributed by atoms with Crippen LogP contribution in [0.5, 0.6) is 5.75 Å². The third-order valence-corrected chi connectivity index (χ3v) is 7.83. The van der Waals surface area contributed by atoms with Crippen molar-refractivity contribution in [2.45, 2.75) is 31.9 Å². The van der Waals surface area contributed by atoms with Crippen molar-refractivity contribution in [3.63, 3.8) is 0 Å². The molecule has 9 nitrogen and oxygen atoms in total. The Bertz CT molecular complexity index is 1520. The highest BCUT2D eigenvalue weighted by atomic mass is 32.1. The van der Waals surface area contributed by atoms with Gasteiger partial charge in [-0.15, -0.1) is 10.2 Å². The fraction of sp³-hybridized carbons (Fsp3) is 0.269. The molecular weight excluding hydrogens is 495 g/mol. The molecule has 1 spiro atoms. The zero-order chi connectivity index (χ0) is 25.6. The molecule has 2 aliphatic rings. The normalized spacial score (nSPS) is 16.3. The number of benzene rings is 2. The van der Waals surface area contributed by atoms with Crippen LogP contribution >= 0.6 is 11.3 Å². The Morgan fingerprint density at radius 3 is 2.76 bits per heavy atom. The highest BCUT2D eigenvalue weighted by Crippen LogP contribution is 2.44. The predicted octanol–water partition coefficient (Wildman–Crippen LogP) is 4.19. The van der Waals surface area contributed by atoms with Gasteiger partial charge in [-0.3, -0.25) is 4.79 Å². The van der Waals surface area contributed by atoms with Crippen molar-refractivity contribution in [1.29, 1.82) is 0 Å². The summed E-state index contributed by atoms with van der Waals surface area (Å²) >= 11 is 1.44. The highest BCUT2D eigenvalue weighted by Gasteiger charge is 2.40. The van der Waals surface area contributed by atoms with Crippen molar-refractivity contribution in [3.05, 3.63) is 77.2 Å². The Morgan fingerprint density at radius 1 is 1.16 bits per heavy atom. The number of ether oxygens (including phenoxy) is 1. The van der Waals surface area contributed by atoms with Crippen LogP contribution in [0.3, 0.4) is 0 Å². The van der Waals surface area contributed by atoms with E-state index in [1.165, 1.54) is 17.4 Å². The van der Waals surface area contributed by atoms with Gasteiger partial charge in [0.05, 0.1) is 11.1 Å². The molecule has 1 saturated heterocycles. The van der Waals surface area contributed by atoms with Gasteiger partial charge in [0.15, 0.2) is 11.7 Å². The molecule has 4 heterocycles. The van der Waals surface area contributed by atoms with E-state index >= 15 is 0 Å². The Balaban J connectivity index is 1.24. The van der Waals surface area contributed by atoms with Gasteiger partial charge in [0.2, 0.25) is 5.82 Å². The lowest BCUT2D eigenvalue weighted by molar-refractivity contribution is -0.138. The lowest BCUT2D eigenvalue weighted by atomic mass is 9.82. The first-order valence-electron chi connectivity index (χ1n) is 11.9. The Labute approximate surface area is 215 Å². The second-order valence-electron chi connectivity index (χ2n) is 9.16. The molecule has 4 aromatic rings. The summed E-state index contributed by atoms with van der Waals surface area (Å²) in [6.45, 7) is 2.91. The van der Waals surface area contributed by atoms with Gasteiger partial charge in [0.25, 0.3) is 0 Å². The standard InChI is InChI=1S/C26H23FN6O3S/c1-16-17(6-4-7-20(16)27)19-13-26(36-21-8-3-2-5-18(19)21)9-11-32(12-10-26)25-28-14-22(37-25)24-29-31-33(30-24)15-23(34)35/h2-8,13-14H,9-12,15H2,1H3,(H,34,35). The van der Waals surface area contributed by atoms with Gasteiger partial charge in [-0.2, -0.15) is 4.80 Å². The number of halogens is 1. The summed E-state index contributed by atoms with van der Waals surface area (Å²) in [5.74, 6) is -0.0929. The van der Waals surface area contributed by atoms with Crippen LogP contribution in [-0.2, 0) is 11.3 Å². The van der Waals surface area contributed by atoms with E-state index in [9.17, 15) is 9.18 Å². The second kappa shape index (κ2) is 9.07. The molecule has 2 aliphatic heterocycles. The number of para-hydroxylation sites is 1. The molecule has 0 amide bonds. The second-order valence-corrected chi connectivity index (χ2v) is 10.2. The lowest BCUT2D eigenvalue weighted by Gasteiger charge is -2.43. The van der Waals surface area contributed by atoms with E-state index in [2.05, 4.69) is 31.4 Å². The number of carboxylic acid groups (broad SMARTS) is 1. The molecule has 37 heavy (non-hydrogen) atoms. The number of aromatic nitrogens is 5. The predicted molar refractivity (Wildman–Crippen MR) is 136 cm³/mol. The van der Waals surface area contributed by atoms with Crippen LogP contribution in [0.1, 0.15) is 29.5 Å². The Kier molecular flexibility index (Phi) is 5.71. The van der Waals surface area contributed by atoms with Crippen molar-refractivity contribution in [2.75, 3.05) is 18.0 Å². The van der Waals surface area contributed by atoms with E-state index in [0.717, 1.165) is 63.2 Å². The number of piperidine rings is 1. The van der Waals surface area contributed by atoms with Gasteiger partial charge >= 0.3 is 5.97 Å². The van der Waals surface area contributed by atoms with Crippen LogP contribution < -0.4 is 9.64 Å². The molecule has 1 fully saturated rings. The third kappa shape index (κ3) is 4.35. The number of hydrogen-bond donors (Lipinski definition) is 1. The molecule has 0 bridgehead atoms. The summed E-state index contributed by atoms with van der Waals surface area (Å²) in [5.41, 5.74) is 2.98. The van der Waals surface area contributed by atoms with Gasteiger partial charge in [0, 0.05) is 31.5 Å². The number of anilines is 1. The number of tetrazole rings is 1. The average molecular weight is 519 g/mol. The van der Waals surface area contributed by atoms with Crippen LogP contribution in [0, 0.1) is 12.7 Å². The number of fused-ring (bicyclic) bond motifs is 1. The first-order valence-corrected chi connectivity index (χ1v) is 12.7. The van der Waals surface area contributed by atoms with Crippen molar-refractivity contribution in [2.24, 2.45) is 0 Å². The monoisotopic (exact) mass is 518 g/mol. The summed E-state index contributed by atoms with van der Waals surface area (Å²) in [7, 11) is 0. The van der Waals surface area contributed by atoms with Crippen LogP contribution in [0.4, 0.5) is 9.52 Å². The molecule has 2 aromatic carbocycles. The first-order chi connectivity index (χ1) is 17.9. The largest absolute Gasteiger partial charge is 0.482 e. The summed E-state index contributed by atoms with van der Waals surface area (Å²) in [5, 5.41) is 21.6. The van der Waals surface area contributed by atoms with Gasteiger partial charge in [-0.25, -0.2) is 9.37 Å². The van der Waals surface area contributed by atoms with Crippen molar-refractivity contribution in [1.82, 2.24) is 25.2 Å². The van der Waals surface area contributed by atoms with E-state index in [0.29, 0.717) is 11.4 Å². The van der Waals surface area contributed by atoms with Crippen molar-refractivity contribution in [3.8, 4) is 16.5 Å². The third-order valence-electron chi connectivity index (χ3n) is 6.78. The zero-order valence-electron chi connectivity index (χ0n) is 20.0. The van der Waals surface area contributed by atoms with E-state index in [-0.39, 0.29) is 12.4 Å². The molecule has 0 radical (unpaired) electrons. The first kappa shape index (κ1) is 23.3. The minimum atomic E-state index is -1.03. The van der Waals surface area contributed by atoms with Crippen LogP contribution in [0.25, 0.3) is 16.3 Å². The maximum atomic E-state index is 14.5. The minimum absolute atomic E-state index is 0.219. The quantitative estimate of drug-likeness (QED) is 0.419. The summed E-state index contributed by atoms with van der Waals surface area (Å²) in [6, 6.07) is 13.1. The SMILES string of the molecule is Cc1c(F)cccc1C1=CC2(CCN(c3ncc(-c4nnn(CC(=O)O)n4)s3)CC2)Oc2ccccc21. The van der Waals surface area contributed by atoms with E-state index in [1.807, 2.05) is 37.3 Å². The lowest BCUT2D eigenvalue weighted by Crippen LogP contribution is -2.48. The van der Waals surface area contributed by atoms with E-state index in [4.69, 9.17) is 9.84 Å². The Morgan fingerprint density at radius 2 is 1.95 bits per heavy atom. The number of carboxylic acids is 1. The number of hydrogen-bond acceptors (Lipinski definition) is 8. The molecule has 2 aromatic heterocycles. The van der Waals surface area contributed by atoms with Gasteiger partial charge < -0.3 is 14.7 Å². The summed E-state index contributed by atoms with van der Waals surface area (Å²) in [4.78, 5) is 19.4. The highest BCUT2D eigenvalue weighted by molar-refractivity contribution is 7.18. The molecule has 0 atom stereocenters. The van der Waals surface area contributed by atoms with Crippen LogP contribution in [0.15, 0.2) is 54.7 Å². The summed E-state index contributed by atoms with van der Waals surface area (Å²) in [6.07, 6.45) is 5.33. The van der Waals surface area contributed by atoms with Crippen molar-refractivity contribution < 1.29 is 19.0 Å². The zero-order valence-corrected chi connectivity index (χ0v) is 20.8. The number of aliphatic carboxylic acids is 1. The summed E-state index contributed by atoms with van der Waals surface area (Å²) < 4.78 is 21.0. The molecule has 188 valence electrons. The van der Waals surface area contributed by atoms with E-state index in [1.54, 1.807) is 12.3 Å². The number of rotatable bonds is 5. The van der Waals surface area contributed by atoms with Crippen LogP contribution in [0.2, 0.25) is 0 Å². The molecule has 0 unspecified atom stereocenters. The number of nitrogens with zero attached hydrogens (tertiary/aromatic N) is 6. The molecule has 0 saturated carbocycles. The molecule has 1 N–H and O–H groups in total. The molecule has 0 aliphatic carbocycles.